The van der Waals surface area contributed by atoms with Crippen LogP contribution >= 0.6 is 0 Å². The fraction of sp³-hybridized carbons (Fsp3) is 0.133. The Morgan fingerprint density at radius 1 is 1.15 bits per heavy atom. The Morgan fingerprint density at radius 3 is 2.73 bits per heavy atom. The van der Waals surface area contributed by atoms with Gasteiger partial charge < -0.3 is 16.4 Å². The van der Waals surface area contributed by atoms with E-state index in [9.17, 15) is 14.4 Å². The van der Waals surface area contributed by atoms with Crippen LogP contribution in [0.4, 0.5) is 5.82 Å². The second kappa shape index (κ2) is 11.5. The number of nitrogen functional groups attached to an aromatic ring is 1. The quantitative estimate of drug-likeness (QED) is 0.161. The SMILES string of the molecule is C=CC(=O)NCCC#Cc1cccc2nc(C(C)NC(=O)c3c(N)ncn4ccnc34)n(-c3ccccc3)c(=O)c12. The van der Waals surface area contributed by atoms with Gasteiger partial charge in [-0.1, -0.05) is 42.7 Å². The maximum atomic E-state index is 14.1. The molecule has 11 nitrogen and oxygen atoms in total. The Labute approximate surface area is 234 Å². The highest BCUT2D eigenvalue weighted by Gasteiger charge is 2.24. The van der Waals surface area contributed by atoms with E-state index in [4.69, 9.17) is 10.7 Å². The smallest absolute Gasteiger partial charge is 0.267 e. The first-order chi connectivity index (χ1) is 19.9. The molecule has 0 saturated carbocycles. The van der Waals surface area contributed by atoms with Crippen molar-refractivity contribution in [2.24, 2.45) is 0 Å². The summed E-state index contributed by atoms with van der Waals surface area (Å²) in [5.74, 6) is 5.62. The average Bonchev–Trinajstić information content (AvgIpc) is 3.45. The second-order valence-electron chi connectivity index (χ2n) is 9.05. The number of imidazole rings is 1. The van der Waals surface area contributed by atoms with Gasteiger partial charge >= 0.3 is 0 Å². The van der Waals surface area contributed by atoms with Crippen LogP contribution in [-0.4, -0.2) is 42.3 Å². The molecular weight excluding hydrogens is 520 g/mol. The van der Waals surface area contributed by atoms with E-state index < -0.39 is 11.9 Å². The molecule has 5 rings (SSSR count). The number of benzene rings is 2. The Bertz CT molecular complexity index is 1920. The van der Waals surface area contributed by atoms with Crippen molar-refractivity contribution >= 4 is 34.2 Å². The molecular formula is C30H26N8O3. The molecule has 1 atom stereocenters. The molecule has 0 radical (unpaired) electrons. The summed E-state index contributed by atoms with van der Waals surface area (Å²) in [5, 5.41) is 5.92. The number of aromatic nitrogens is 5. The van der Waals surface area contributed by atoms with Crippen LogP contribution in [0.25, 0.3) is 22.2 Å². The van der Waals surface area contributed by atoms with Crippen molar-refractivity contribution < 1.29 is 9.59 Å². The van der Waals surface area contributed by atoms with Gasteiger partial charge in [0, 0.05) is 30.9 Å². The van der Waals surface area contributed by atoms with Crippen molar-refractivity contribution in [3.8, 4) is 17.5 Å². The van der Waals surface area contributed by atoms with E-state index in [1.54, 1.807) is 54.0 Å². The van der Waals surface area contributed by atoms with E-state index in [1.807, 2.05) is 18.2 Å². The lowest BCUT2D eigenvalue weighted by Crippen LogP contribution is -2.34. The van der Waals surface area contributed by atoms with Gasteiger partial charge in [-0.2, -0.15) is 0 Å². The summed E-state index contributed by atoms with van der Waals surface area (Å²) in [6, 6.07) is 13.6. The van der Waals surface area contributed by atoms with Crippen LogP contribution in [0, 0.1) is 11.8 Å². The number of carbonyl (C=O) groups excluding carboxylic acids is 2. The number of nitrogens with one attached hydrogen (secondary N) is 2. The minimum atomic E-state index is -0.711. The molecule has 5 aromatic rings. The summed E-state index contributed by atoms with van der Waals surface area (Å²) >= 11 is 0. The number of amides is 2. The average molecular weight is 547 g/mol. The number of nitrogens with two attached hydrogens (primary N) is 1. The summed E-state index contributed by atoms with van der Waals surface area (Å²) < 4.78 is 3.07. The number of anilines is 1. The normalized spacial score (nSPS) is 11.4. The summed E-state index contributed by atoms with van der Waals surface area (Å²) in [5.41, 5.74) is 7.71. The van der Waals surface area contributed by atoms with Crippen molar-refractivity contribution in [1.29, 1.82) is 0 Å². The molecule has 2 aromatic carbocycles. The predicted molar refractivity (Wildman–Crippen MR) is 155 cm³/mol. The first-order valence-electron chi connectivity index (χ1n) is 12.8. The maximum Gasteiger partial charge on any atom is 0.267 e. The van der Waals surface area contributed by atoms with Gasteiger partial charge in [0.15, 0.2) is 5.65 Å². The molecule has 11 heteroatoms. The molecule has 204 valence electrons. The Balaban J connectivity index is 1.56. The topological polar surface area (TPSA) is 149 Å². The fourth-order valence-corrected chi connectivity index (χ4v) is 4.40. The van der Waals surface area contributed by atoms with Gasteiger partial charge in [0.25, 0.3) is 11.5 Å². The predicted octanol–water partition coefficient (Wildman–Crippen LogP) is 2.55. The number of para-hydroxylation sites is 1. The van der Waals surface area contributed by atoms with E-state index in [2.05, 4.69) is 39.0 Å². The van der Waals surface area contributed by atoms with Crippen LogP contribution in [0.15, 0.2) is 84.7 Å². The summed E-state index contributed by atoms with van der Waals surface area (Å²) in [4.78, 5) is 52.0. The van der Waals surface area contributed by atoms with Crippen LogP contribution in [0.1, 0.15) is 41.1 Å². The highest BCUT2D eigenvalue weighted by Crippen LogP contribution is 2.22. The van der Waals surface area contributed by atoms with Crippen molar-refractivity contribution in [2.75, 3.05) is 12.3 Å². The minimum absolute atomic E-state index is 0.0348. The molecule has 2 amide bonds. The Morgan fingerprint density at radius 2 is 1.95 bits per heavy atom. The molecule has 0 spiro atoms. The largest absolute Gasteiger partial charge is 0.383 e. The van der Waals surface area contributed by atoms with Crippen molar-refractivity contribution in [3.63, 3.8) is 0 Å². The number of nitrogens with zero attached hydrogens (tertiary/aromatic N) is 5. The van der Waals surface area contributed by atoms with Crippen LogP contribution in [0.2, 0.25) is 0 Å². The van der Waals surface area contributed by atoms with Gasteiger partial charge in [-0.05, 0) is 37.3 Å². The highest BCUT2D eigenvalue weighted by molar-refractivity contribution is 6.04. The zero-order valence-electron chi connectivity index (χ0n) is 22.2. The highest BCUT2D eigenvalue weighted by atomic mass is 16.2. The lowest BCUT2D eigenvalue weighted by atomic mass is 10.1. The standard InChI is InChI=1S/C30H26N8O3/c1-3-23(39)32-15-8-7-10-20-11-9-14-22-24(20)30(41)38(21-12-5-4-6-13-21)27(36-22)19(2)35-29(40)25-26(31)34-18-37-17-16-33-28(25)37/h3-6,9,11-14,16-19H,1,8,15,31H2,2H3,(H,32,39)(H,35,40). The third-order valence-corrected chi connectivity index (χ3v) is 6.33. The Kier molecular flexibility index (Phi) is 7.56. The Hall–Kier alpha value is -5.76. The monoisotopic (exact) mass is 546 g/mol. The van der Waals surface area contributed by atoms with Crippen LogP contribution in [-0.2, 0) is 4.79 Å². The van der Waals surface area contributed by atoms with E-state index in [0.717, 1.165) is 0 Å². The fourth-order valence-electron chi connectivity index (χ4n) is 4.40. The van der Waals surface area contributed by atoms with E-state index in [-0.39, 0.29) is 22.8 Å². The van der Waals surface area contributed by atoms with Gasteiger partial charge in [0.2, 0.25) is 5.91 Å². The number of carbonyl (C=O) groups is 2. The van der Waals surface area contributed by atoms with Crippen LogP contribution < -0.4 is 21.9 Å². The zero-order chi connectivity index (χ0) is 28.9. The first kappa shape index (κ1) is 26.8. The molecule has 4 N–H and O–H groups in total. The van der Waals surface area contributed by atoms with Crippen molar-refractivity contribution in [1.82, 2.24) is 34.6 Å². The molecule has 0 bridgehead atoms. The minimum Gasteiger partial charge on any atom is -0.383 e. The molecule has 0 aliphatic rings. The lowest BCUT2D eigenvalue weighted by Gasteiger charge is -2.20. The summed E-state index contributed by atoms with van der Waals surface area (Å²) in [6.45, 7) is 5.51. The maximum absolute atomic E-state index is 14.1. The third kappa shape index (κ3) is 5.39. The molecule has 0 aliphatic carbocycles. The molecule has 0 aliphatic heterocycles. The van der Waals surface area contributed by atoms with Gasteiger partial charge in [0.05, 0.1) is 22.6 Å². The van der Waals surface area contributed by atoms with Crippen molar-refractivity contribution in [2.45, 2.75) is 19.4 Å². The van der Waals surface area contributed by atoms with E-state index in [1.165, 1.54) is 17.0 Å². The molecule has 0 saturated heterocycles. The molecule has 3 aromatic heterocycles. The number of hydrogen-bond acceptors (Lipinski definition) is 7. The van der Waals surface area contributed by atoms with Crippen LogP contribution in [0.3, 0.4) is 0 Å². The van der Waals surface area contributed by atoms with Crippen molar-refractivity contribution in [3.05, 3.63) is 107 Å². The summed E-state index contributed by atoms with van der Waals surface area (Å²) in [6.07, 6.45) is 6.27. The number of rotatable bonds is 7. The molecule has 0 fully saturated rings. The second-order valence-corrected chi connectivity index (χ2v) is 9.05. The molecule has 1 unspecified atom stereocenters. The zero-order valence-corrected chi connectivity index (χ0v) is 22.2. The van der Waals surface area contributed by atoms with Gasteiger partial charge in [-0.25, -0.2) is 15.0 Å². The number of fused-ring (bicyclic) bond motifs is 2. The first-order valence-corrected chi connectivity index (χ1v) is 12.8. The van der Waals surface area contributed by atoms with Gasteiger partial charge in [-0.3, -0.25) is 23.4 Å². The van der Waals surface area contributed by atoms with Gasteiger partial charge in [-0.15, -0.1) is 0 Å². The third-order valence-electron chi connectivity index (χ3n) is 6.33. The van der Waals surface area contributed by atoms with Crippen LogP contribution in [0.5, 0.6) is 0 Å². The van der Waals surface area contributed by atoms with E-state index >= 15 is 0 Å². The number of hydrogen-bond donors (Lipinski definition) is 3. The molecule has 3 heterocycles. The lowest BCUT2D eigenvalue weighted by molar-refractivity contribution is -0.116. The van der Waals surface area contributed by atoms with Gasteiger partial charge in [0.1, 0.15) is 23.5 Å². The van der Waals surface area contributed by atoms with E-state index in [0.29, 0.717) is 46.6 Å². The summed E-state index contributed by atoms with van der Waals surface area (Å²) in [7, 11) is 0. The molecule has 41 heavy (non-hydrogen) atoms.